The Balaban J connectivity index is 1.48. The molecule has 0 aliphatic carbocycles. The molecule has 1 amide bonds. The molecule has 4 rings (SSSR count). The van der Waals surface area contributed by atoms with Crippen molar-refractivity contribution in [2.24, 2.45) is 0 Å². The molecule has 9 nitrogen and oxygen atoms in total. The maximum atomic E-state index is 13.8. The number of non-ortho nitro benzene ring substituents is 1. The third kappa shape index (κ3) is 4.98. The number of amides is 1. The van der Waals surface area contributed by atoms with E-state index in [-0.39, 0.29) is 35.7 Å². The van der Waals surface area contributed by atoms with Gasteiger partial charge in [-0.1, -0.05) is 18.2 Å². The third-order valence-corrected chi connectivity index (χ3v) is 5.30. The van der Waals surface area contributed by atoms with Gasteiger partial charge in [-0.15, -0.1) is 0 Å². The summed E-state index contributed by atoms with van der Waals surface area (Å²) in [5.74, 6) is -0.716. The van der Waals surface area contributed by atoms with Crippen molar-refractivity contribution >= 4 is 11.6 Å². The zero-order valence-electron chi connectivity index (χ0n) is 17.2. The standard InChI is InChI=1S/C22H22FN5O4/c23-17-4-1-3-16(13-17)21(26-9-11-32-12-10-26)15-24-22(29)20-7-8-27(25-20)18-5-2-6-19(14-18)28(30)31/h1-8,13-14,21H,9-12,15H2,(H,24,29). The summed E-state index contributed by atoms with van der Waals surface area (Å²) in [4.78, 5) is 25.4. The van der Waals surface area contributed by atoms with E-state index >= 15 is 0 Å². The summed E-state index contributed by atoms with van der Waals surface area (Å²) >= 11 is 0. The summed E-state index contributed by atoms with van der Waals surface area (Å²) in [6.07, 6.45) is 1.57. The Kier molecular flexibility index (Phi) is 6.52. The molecule has 0 saturated carbocycles. The topological polar surface area (TPSA) is 103 Å². The number of halogens is 1. The second kappa shape index (κ2) is 9.67. The van der Waals surface area contributed by atoms with Gasteiger partial charge in [-0.05, 0) is 29.8 Å². The highest BCUT2D eigenvalue weighted by Crippen LogP contribution is 2.22. The van der Waals surface area contributed by atoms with Crippen molar-refractivity contribution in [2.45, 2.75) is 6.04 Å². The first-order valence-corrected chi connectivity index (χ1v) is 10.2. The molecule has 166 valence electrons. The number of hydrogen-bond acceptors (Lipinski definition) is 6. The van der Waals surface area contributed by atoms with Crippen molar-refractivity contribution in [3.05, 3.63) is 88.0 Å². The van der Waals surface area contributed by atoms with E-state index < -0.39 is 4.92 Å². The quantitative estimate of drug-likeness (QED) is 0.449. The van der Waals surface area contributed by atoms with Crippen molar-refractivity contribution in [2.75, 3.05) is 32.8 Å². The van der Waals surface area contributed by atoms with Gasteiger partial charge in [0.1, 0.15) is 5.82 Å². The molecule has 3 aromatic rings. The molecule has 0 radical (unpaired) electrons. The number of morpholine rings is 1. The maximum Gasteiger partial charge on any atom is 0.271 e. The van der Waals surface area contributed by atoms with Gasteiger partial charge in [0.05, 0.1) is 29.9 Å². The fourth-order valence-electron chi connectivity index (χ4n) is 3.68. The van der Waals surface area contributed by atoms with Crippen LogP contribution in [0.4, 0.5) is 10.1 Å². The number of carbonyl (C=O) groups excluding carboxylic acids is 1. The predicted molar refractivity (Wildman–Crippen MR) is 114 cm³/mol. The molecule has 1 aromatic heterocycles. The van der Waals surface area contributed by atoms with E-state index in [0.29, 0.717) is 32.0 Å². The minimum Gasteiger partial charge on any atom is -0.379 e. The molecule has 1 unspecified atom stereocenters. The molecule has 0 spiro atoms. The van der Waals surface area contributed by atoms with Gasteiger partial charge in [0.2, 0.25) is 0 Å². The Labute approximate surface area is 183 Å². The van der Waals surface area contributed by atoms with Gasteiger partial charge in [0.15, 0.2) is 5.69 Å². The number of carbonyl (C=O) groups is 1. The number of hydrogen-bond donors (Lipinski definition) is 1. The smallest absolute Gasteiger partial charge is 0.271 e. The van der Waals surface area contributed by atoms with Gasteiger partial charge < -0.3 is 10.1 Å². The third-order valence-electron chi connectivity index (χ3n) is 5.30. The van der Waals surface area contributed by atoms with Crippen molar-refractivity contribution < 1.29 is 18.8 Å². The van der Waals surface area contributed by atoms with Gasteiger partial charge in [-0.3, -0.25) is 19.8 Å². The lowest BCUT2D eigenvalue weighted by atomic mass is 10.0. The molecule has 1 saturated heterocycles. The van der Waals surface area contributed by atoms with E-state index in [1.807, 2.05) is 6.07 Å². The molecule has 2 aromatic carbocycles. The number of ether oxygens (including phenoxy) is 1. The monoisotopic (exact) mass is 439 g/mol. The normalized spacial score (nSPS) is 15.3. The molecule has 0 bridgehead atoms. The molecule has 1 atom stereocenters. The van der Waals surface area contributed by atoms with Crippen LogP contribution in [0.15, 0.2) is 60.8 Å². The van der Waals surface area contributed by atoms with Gasteiger partial charge in [0.25, 0.3) is 11.6 Å². The number of nitro benzene ring substituents is 1. The Morgan fingerprint density at radius 1 is 1.19 bits per heavy atom. The summed E-state index contributed by atoms with van der Waals surface area (Å²) in [6, 6.07) is 13.7. The number of aromatic nitrogens is 2. The fraction of sp³-hybridized carbons (Fsp3) is 0.273. The zero-order chi connectivity index (χ0) is 22.5. The number of nitrogens with one attached hydrogen (secondary N) is 1. The summed E-state index contributed by atoms with van der Waals surface area (Å²) in [7, 11) is 0. The predicted octanol–water partition coefficient (Wildman–Crippen LogP) is 2.72. The van der Waals surface area contributed by atoms with Crippen LogP contribution in [0.1, 0.15) is 22.1 Å². The van der Waals surface area contributed by atoms with E-state index in [9.17, 15) is 19.3 Å². The largest absolute Gasteiger partial charge is 0.379 e. The Bertz CT molecular complexity index is 1110. The lowest BCUT2D eigenvalue weighted by molar-refractivity contribution is -0.384. The highest BCUT2D eigenvalue weighted by atomic mass is 19.1. The van der Waals surface area contributed by atoms with Crippen molar-refractivity contribution in [3.63, 3.8) is 0 Å². The van der Waals surface area contributed by atoms with Crippen LogP contribution in [0.25, 0.3) is 5.69 Å². The minimum atomic E-state index is -0.487. The summed E-state index contributed by atoms with van der Waals surface area (Å²) in [5, 5.41) is 18.1. The molecule has 10 heteroatoms. The lowest BCUT2D eigenvalue weighted by Crippen LogP contribution is -2.43. The van der Waals surface area contributed by atoms with Crippen LogP contribution >= 0.6 is 0 Å². The lowest BCUT2D eigenvalue weighted by Gasteiger charge is -2.34. The molecule has 1 aliphatic rings. The van der Waals surface area contributed by atoms with E-state index in [4.69, 9.17) is 4.74 Å². The van der Waals surface area contributed by atoms with Crippen molar-refractivity contribution in [1.82, 2.24) is 20.0 Å². The first-order valence-electron chi connectivity index (χ1n) is 10.2. The first kappa shape index (κ1) is 21.6. The van der Waals surface area contributed by atoms with Crippen LogP contribution in [0.3, 0.4) is 0 Å². The average Bonchev–Trinajstić information content (AvgIpc) is 3.30. The Hall–Kier alpha value is -3.63. The van der Waals surface area contributed by atoms with Gasteiger partial charge in [0, 0.05) is 38.0 Å². The van der Waals surface area contributed by atoms with E-state index in [2.05, 4.69) is 15.3 Å². The van der Waals surface area contributed by atoms with Crippen molar-refractivity contribution in [1.29, 1.82) is 0 Å². The minimum absolute atomic E-state index is 0.0625. The summed E-state index contributed by atoms with van der Waals surface area (Å²) in [6.45, 7) is 2.78. The molecule has 1 N–H and O–H groups in total. The number of nitrogens with zero attached hydrogens (tertiary/aromatic N) is 4. The molecule has 2 heterocycles. The molecule has 32 heavy (non-hydrogen) atoms. The molecule has 1 aliphatic heterocycles. The highest BCUT2D eigenvalue weighted by Gasteiger charge is 2.24. The second-order valence-electron chi connectivity index (χ2n) is 7.35. The van der Waals surface area contributed by atoms with Crippen molar-refractivity contribution in [3.8, 4) is 5.69 Å². The van der Waals surface area contributed by atoms with Crippen LogP contribution in [-0.2, 0) is 4.74 Å². The van der Waals surface area contributed by atoms with Crippen LogP contribution in [0.5, 0.6) is 0 Å². The number of nitro groups is 1. The van der Waals surface area contributed by atoms with E-state index in [1.54, 1.807) is 30.5 Å². The first-order chi connectivity index (χ1) is 15.5. The second-order valence-corrected chi connectivity index (χ2v) is 7.35. The highest BCUT2D eigenvalue weighted by molar-refractivity contribution is 5.92. The van der Waals surface area contributed by atoms with Crippen LogP contribution in [-0.4, -0.2) is 58.4 Å². The summed E-state index contributed by atoms with van der Waals surface area (Å²) in [5.41, 5.74) is 1.36. The van der Waals surface area contributed by atoms with E-state index in [1.165, 1.54) is 28.9 Å². The molecular weight excluding hydrogens is 417 g/mol. The summed E-state index contributed by atoms with van der Waals surface area (Å²) < 4.78 is 20.6. The van der Waals surface area contributed by atoms with Gasteiger partial charge in [-0.2, -0.15) is 5.10 Å². The number of benzene rings is 2. The van der Waals surface area contributed by atoms with E-state index in [0.717, 1.165) is 5.56 Å². The fourth-order valence-corrected chi connectivity index (χ4v) is 3.68. The zero-order valence-corrected chi connectivity index (χ0v) is 17.2. The van der Waals surface area contributed by atoms with Crippen LogP contribution in [0, 0.1) is 15.9 Å². The van der Waals surface area contributed by atoms with Crippen LogP contribution in [0.2, 0.25) is 0 Å². The average molecular weight is 439 g/mol. The Morgan fingerprint density at radius 2 is 1.97 bits per heavy atom. The van der Waals surface area contributed by atoms with Gasteiger partial charge >= 0.3 is 0 Å². The number of rotatable bonds is 7. The van der Waals surface area contributed by atoms with Crippen LogP contribution < -0.4 is 5.32 Å². The maximum absolute atomic E-state index is 13.8. The Morgan fingerprint density at radius 3 is 2.72 bits per heavy atom. The SMILES string of the molecule is O=C(NCC(c1cccc(F)c1)N1CCOCC1)c1ccn(-c2cccc([N+](=O)[O-])c2)n1. The molecule has 1 fully saturated rings. The van der Waals surface area contributed by atoms with Gasteiger partial charge in [-0.25, -0.2) is 9.07 Å². The molecular formula is C22H22FN5O4.